The summed E-state index contributed by atoms with van der Waals surface area (Å²) in [5.41, 5.74) is -0.397. The maximum Gasteiger partial charge on any atom is 0.416 e. The fraction of sp³-hybridized carbons (Fsp3) is 0.263. The minimum Gasteiger partial charge on any atom is -0.322 e. The fourth-order valence-corrected chi connectivity index (χ4v) is 2.62. The van der Waals surface area contributed by atoms with Gasteiger partial charge in [-0.3, -0.25) is 9.48 Å². The van der Waals surface area contributed by atoms with E-state index in [4.69, 9.17) is 0 Å². The molecule has 0 radical (unpaired) electrons. The second-order valence-electron chi connectivity index (χ2n) is 6.80. The summed E-state index contributed by atoms with van der Waals surface area (Å²) in [6.07, 6.45) is 2.13. The number of amides is 1. The van der Waals surface area contributed by atoms with Crippen LogP contribution in [-0.2, 0) is 16.5 Å². The van der Waals surface area contributed by atoms with Crippen molar-refractivity contribution in [2.24, 2.45) is 0 Å². The van der Waals surface area contributed by atoms with Crippen LogP contribution < -0.4 is 5.32 Å². The zero-order chi connectivity index (χ0) is 19.8. The van der Waals surface area contributed by atoms with Crippen LogP contribution in [-0.4, -0.2) is 20.3 Å². The summed E-state index contributed by atoms with van der Waals surface area (Å²) in [6, 6.07) is 6.62. The van der Waals surface area contributed by atoms with Gasteiger partial charge < -0.3 is 9.88 Å². The first kappa shape index (κ1) is 18.8. The van der Waals surface area contributed by atoms with E-state index < -0.39 is 23.2 Å². The van der Waals surface area contributed by atoms with E-state index in [1.165, 1.54) is 15.3 Å². The molecule has 27 heavy (non-hydrogen) atoms. The number of aromatic nitrogens is 3. The van der Waals surface area contributed by atoms with E-state index in [0.717, 1.165) is 17.7 Å². The lowest BCUT2D eigenvalue weighted by Crippen LogP contribution is -2.40. The van der Waals surface area contributed by atoms with E-state index in [1.807, 2.05) is 6.92 Å². The third kappa shape index (κ3) is 3.74. The van der Waals surface area contributed by atoms with Crippen molar-refractivity contribution in [1.82, 2.24) is 14.3 Å². The molecule has 0 fully saturated rings. The van der Waals surface area contributed by atoms with Gasteiger partial charge in [0, 0.05) is 18.6 Å². The molecule has 3 rings (SSSR count). The standard InChI is InChI=1S/C19H19F3N4O/c1-13-11-23-26(12-13)18(2,3)17(27)24-15-7-6-14(19(20,21)22)10-16(15)25-8-4-5-9-25/h4-12H,1-3H3,(H,24,27). The lowest BCUT2D eigenvalue weighted by atomic mass is 10.0. The minimum atomic E-state index is -4.48. The molecule has 0 unspecified atom stereocenters. The van der Waals surface area contributed by atoms with Crippen molar-refractivity contribution in [3.63, 3.8) is 0 Å². The maximum atomic E-state index is 13.1. The number of alkyl halides is 3. The Morgan fingerprint density at radius 2 is 1.81 bits per heavy atom. The highest BCUT2D eigenvalue weighted by Crippen LogP contribution is 2.33. The van der Waals surface area contributed by atoms with Crippen LogP contribution in [0.2, 0.25) is 0 Å². The molecule has 0 bridgehead atoms. The van der Waals surface area contributed by atoms with Crippen LogP contribution in [0.5, 0.6) is 0 Å². The lowest BCUT2D eigenvalue weighted by Gasteiger charge is -2.25. The van der Waals surface area contributed by atoms with E-state index in [1.54, 1.807) is 50.8 Å². The largest absolute Gasteiger partial charge is 0.416 e. The maximum absolute atomic E-state index is 13.1. The molecular formula is C19H19F3N4O. The number of rotatable bonds is 4. The number of anilines is 1. The zero-order valence-electron chi connectivity index (χ0n) is 15.1. The number of hydrogen-bond donors (Lipinski definition) is 1. The van der Waals surface area contributed by atoms with Crippen molar-refractivity contribution in [3.05, 3.63) is 66.2 Å². The van der Waals surface area contributed by atoms with Crippen molar-refractivity contribution in [3.8, 4) is 5.69 Å². The summed E-state index contributed by atoms with van der Waals surface area (Å²) < 4.78 is 42.4. The van der Waals surface area contributed by atoms with Gasteiger partial charge >= 0.3 is 6.18 Å². The molecule has 1 N–H and O–H groups in total. The summed E-state index contributed by atoms with van der Waals surface area (Å²) in [5.74, 6) is -0.390. The van der Waals surface area contributed by atoms with Crippen molar-refractivity contribution >= 4 is 11.6 Å². The molecule has 1 amide bonds. The number of hydrogen-bond acceptors (Lipinski definition) is 2. The highest BCUT2D eigenvalue weighted by molar-refractivity contribution is 5.97. The Hall–Kier alpha value is -3.03. The monoisotopic (exact) mass is 376 g/mol. The van der Waals surface area contributed by atoms with Gasteiger partial charge in [-0.15, -0.1) is 0 Å². The number of carbonyl (C=O) groups excluding carboxylic acids is 1. The Kier molecular flexibility index (Phi) is 4.59. The van der Waals surface area contributed by atoms with Gasteiger partial charge in [-0.25, -0.2) is 0 Å². The predicted octanol–water partition coefficient (Wildman–Crippen LogP) is 4.37. The number of carbonyl (C=O) groups is 1. The molecule has 2 heterocycles. The van der Waals surface area contributed by atoms with Gasteiger partial charge in [0.25, 0.3) is 5.91 Å². The number of nitrogens with one attached hydrogen (secondary N) is 1. The number of nitrogens with zero attached hydrogens (tertiary/aromatic N) is 3. The third-order valence-electron chi connectivity index (χ3n) is 4.30. The fourth-order valence-electron chi connectivity index (χ4n) is 2.62. The smallest absolute Gasteiger partial charge is 0.322 e. The van der Waals surface area contributed by atoms with Crippen molar-refractivity contribution in [2.75, 3.05) is 5.32 Å². The molecule has 0 aliphatic heterocycles. The predicted molar refractivity (Wildman–Crippen MR) is 95.7 cm³/mol. The molecule has 1 aromatic carbocycles. The Morgan fingerprint density at radius 1 is 1.15 bits per heavy atom. The molecule has 0 saturated heterocycles. The van der Waals surface area contributed by atoms with Crippen LogP contribution in [0.15, 0.2) is 55.1 Å². The van der Waals surface area contributed by atoms with Crippen molar-refractivity contribution < 1.29 is 18.0 Å². The van der Waals surface area contributed by atoms with Crippen molar-refractivity contribution in [2.45, 2.75) is 32.5 Å². The molecule has 0 atom stereocenters. The van der Waals surface area contributed by atoms with Gasteiger partial charge in [-0.05, 0) is 56.7 Å². The van der Waals surface area contributed by atoms with Crippen LogP contribution >= 0.6 is 0 Å². The molecule has 8 heteroatoms. The van der Waals surface area contributed by atoms with E-state index in [2.05, 4.69) is 10.4 Å². The second kappa shape index (κ2) is 6.61. The summed E-state index contributed by atoms with van der Waals surface area (Å²) in [4.78, 5) is 12.8. The van der Waals surface area contributed by atoms with E-state index in [0.29, 0.717) is 0 Å². The summed E-state index contributed by atoms with van der Waals surface area (Å²) >= 11 is 0. The second-order valence-corrected chi connectivity index (χ2v) is 6.80. The number of benzene rings is 1. The molecular weight excluding hydrogens is 357 g/mol. The quantitative estimate of drug-likeness (QED) is 0.735. The molecule has 0 aliphatic carbocycles. The van der Waals surface area contributed by atoms with Gasteiger partial charge in [-0.1, -0.05) is 0 Å². The molecule has 2 aromatic heterocycles. The normalized spacial score (nSPS) is 12.2. The highest BCUT2D eigenvalue weighted by Gasteiger charge is 2.33. The topological polar surface area (TPSA) is 51.9 Å². The van der Waals surface area contributed by atoms with Gasteiger partial charge in [0.2, 0.25) is 0 Å². The average Bonchev–Trinajstić information content (AvgIpc) is 3.25. The molecule has 3 aromatic rings. The van der Waals surface area contributed by atoms with E-state index in [-0.39, 0.29) is 11.4 Å². The van der Waals surface area contributed by atoms with Crippen LogP contribution in [0.4, 0.5) is 18.9 Å². The third-order valence-corrected chi connectivity index (χ3v) is 4.30. The minimum absolute atomic E-state index is 0.232. The van der Waals surface area contributed by atoms with Gasteiger partial charge in [0.1, 0.15) is 5.54 Å². The molecule has 0 saturated carbocycles. The molecule has 142 valence electrons. The zero-order valence-corrected chi connectivity index (χ0v) is 15.1. The Bertz CT molecular complexity index is 956. The van der Waals surface area contributed by atoms with Crippen LogP contribution in [0.25, 0.3) is 5.69 Å². The Labute approximate surface area is 154 Å². The van der Waals surface area contributed by atoms with E-state index in [9.17, 15) is 18.0 Å². The first-order valence-electron chi connectivity index (χ1n) is 8.27. The molecule has 0 spiro atoms. The number of halogens is 3. The first-order chi connectivity index (χ1) is 12.6. The summed E-state index contributed by atoms with van der Waals surface area (Å²) in [6.45, 7) is 5.24. The van der Waals surface area contributed by atoms with E-state index >= 15 is 0 Å². The Balaban J connectivity index is 1.98. The summed E-state index contributed by atoms with van der Waals surface area (Å²) in [7, 11) is 0. The molecule has 0 aliphatic rings. The molecule has 5 nitrogen and oxygen atoms in total. The van der Waals surface area contributed by atoms with Gasteiger partial charge in [-0.2, -0.15) is 18.3 Å². The van der Waals surface area contributed by atoms with Crippen molar-refractivity contribution in [1.29, 1.82) is 0 Å². The van der Waals surface area contributed by atoms with Gasteiger partial charge in [0.15, 0.2) is 0 Å². The van der Waals surface area contributed by atoms with Crippen LogP contribution in [0.3, 0.4) is 0 Å². The average molecular weight is 376 g/mol. The summed E-state index contributed by atoms with van der Waals surface area (Å²) in [5, 5.41) is 6.91. The first-order valence-corrected chi connectivity index (χ1v) is 8.27. The van der Waals surface area contributed by atoms with Crippen LogP contribution in [0, 0.1) is 6.92 Å². The van der Waals surface area contributed by atoms with Crippen LogP contribution in [0.1, 0.15) is 25.0 Å². The SMILES string of the molecule is Cc1cnn(C(C)(C)C(=O)Nc2ccc(C(F)(F)F)cc2-n2cccc2)c1. The Morgan fingerprint density at radius 3 is 2.37 bits per heavy atom. The van der Waals surface area contributed by atoms with Gasteiger partial charge in [0.05, 0.1) is 23.1 Å². The number of aryl methyl sites for hydroxylation is 1. The highest BCUT2D eigenvalue weighted by atomic mass is 19.4. The lowest BCUT2D eigenvalue weighted by molar-refractivity contribution is -0.137.